The van der Waals surface area contributed by atoms with Crippen LogP contribution in [0.1, 0.15) is 27.3 Å². The molecule has 20 heavy (non-hydrogen) atoms. The SMILES string of the molecule is CNc1ccc(C(=O)NCc2cccc(C)n2)cc1C. The fraction of sp³-hybridized carbons (Fsp3) is 0.250. The van der Waals surface area contributed by atoms with Gasteiger partial charge in [0.2, 0.25) is 0 Å². The molecule has 0 saturated carbocycles. The predicted octanol–water partition coefficient (Wildman–Crippen LogP) is 2.67. The molecule has 1 aromatic heterocycles. The van der Waals surface area contributed by atoms with Crippen LogP contribution >= 0.6 is 0 Å². The van der Waals surface area contributed by atoms with Crippen LogP contribution in [0.5, 0.6) is 0 Å². The van der Waals surface area contributed by atoms with Gasteiger partial charge < -0.3 is 10.6 Å². The number of hydrogen-bond donors (Lipinski definition) is 2. The number of anilines is 1. The van der Waals surface area contributed by atoms with E-state index >= 15 is 0 Å². The Hall–Kier alpha value is -2.36. The molecular weight excluding hydrogens is 250 g/mol. The average molecular weight is 269 g/mol. The molecule has 0 aliphatic rings. The topological polar surface area (TPSA) is 54.0 Å². The lowest BCUT2D eigenvalue weighted by Gasteiger charge is -2.09. The lowest BCUT2D eigenvalue weighted by atomic mass is 10.1. The van der Waals surface area contributed by atoms with Crippen molar-refractivity contribution in [1.29, 1.82) is 0 Å². The highest BCUT2D eigenvalue weighted by Gasteiger charge is 2.07. The van der Waals surface area contributed by atoms with Crippen LogP contribution in [0.25, 0.3) is 0 Å². The molecule has 104 valence electrons. The number of nitrogens with one attached hydrogen (secondary N) is 2. The molecule has 0 bridgehead atoms. The van der Waals surface area contributed by atoms with Crippen molar-refractivity contribution in [2.75, 3.05) is 12.4 Å². The Morgan fingerprint density at radius 3 is 2.65 bits per heavy atom. The van der Waals surface area contributed by atoms with Gasteiger partial charge in [-0.2, -0.15) is 0 Å². The van der Waals surface area contributed by atoms with Crippen LogP contribution in [0, 0.1) is 13.8 Å². The number of amides is 1. The Balaban J connectivity index is 2.03. The van der Waals surface area contributed by atoms with Crippen molar-refractivity contribution in [3.05, 3.63) is 58.9 Å². The summed E-state index contributed by atoms with van der Waals surface area (Å²) >= 11 is 0. The Morgan fingerprint density at radius 1 is 1.20 bits per heavy atom. The third-order valence-electron chi connectivity index (χ3n) is 3.13. The number of aromatic nitrogens is 1. The summed E-state index contributed by atoms with van der Waals surface area (Å²) in [7, 11) is 1.87. The zero-order valence-electron chi connectivity index (χ0n) is 12.0. The maximum Gasteiger partial charge on any atom is 0.251 e. The molecule has 4 nitrogen and oxygen atoms in total. The molecule has 4 heteroatoms. The summed E-state index contributed by atoms with van der Waals surface area (Å²) in [6, 6.07) is 11.4. The summed E-state index contributed by atoms with van der Waals surface area (Å²) in [5.41, 5.74) is 4.55. The standard InChI is InChI=1S/C16H19N3O/c1-11-9-13(7-8-15(11)17-3)16(20)18-10-14-6-4-5-12(2)19-14/h4-9,17H,10H2,1-3H3,(H,18,20). The molecule has 1 heterocycles. The number of pyridine rings is 1. The molecule has 0 spiro atoms. The van der Waals surface area contributed by atoms with Crippen molar-refractivity contribution in [3.63, 3.8) is 0 Å². The molecule has 0 fully saturated rings. The Labute approximate surface area is 119 Å². The fourth-order valence-electron chi connectivity index (χ4n) is 2.06. The maximum absolute atomic E-state index is 12.1. The van der Waals surface area contributed by atoms with Crippen LogP contribution in [0.3, 0.4) is 0 Å². The first-order valence-corrected chi connectivity index (χ1v) is 6.59. The van der Waals surface area contributed by atoms with Gasteiger partial charge in [0.1, 0.15) is 0 Å². The number of benzene rings is 1. The molecule has 0 radical (unpaired) electrons. The van der Waals surface area contributed by atoms with E-state index < -0.39 is 0 Å². The van der Waals surface area contributed by atoms with E-state index in [0.29, 0.717) is 12.1 Å². The first kappa shape index (κ1) is 14.1. The van der Waals surface area contributed by atoms with Crippen LogP contribution in [0.2, 0.25) is 0 Å². The number of hydrogen-bond acceptors (Lipinski definition) is 3. The summed E-state index contributed by atoms with van der Waals surface area (Å²) in [5.74, 6) is -0.0842. The van der Waals surface area contributed by atoms with Gasteiger partial charge in [0.25, 0.3) is 5.91 Å². The van der Waals surface area contributed by atoms with E-state index in [1.54, 1.807) is 0 Å². The van der Waals surface area contributed by atoms with Gasteiger partial charge in [-0.25, -0.2) is 0 Å². The molecule has 2 aromatic rings. The number of nitrogens with zero attached hydrogens (tertiary/aromatic N) is 1. The van der Waals surface area contributed by atoms with Gasteiger partial charge in [0.15, 0.2) is 0 Å². The molecule has 0 aliphatic carbocycles. The van der Waals surface area contributed by atoms with Gasteiger partial charge in [-0.3, -0.25) is 9.78 Å². The van der Waals surface area contributed by atoms with Crippen LogP contribution in [-0.2, 0) is 6.54 Å². The molecule has 0 saturated heterocycles. The van der Waals surface area contributed by atoms with E-state index in [4.69, 9.17) is 0 Å². The minimum Gasteiger partial charge on any atom is -0.388 e. The summed E-state index contributed by atoms with van der Waals surface area (Å²) in [6.07, 6.45) is 0. The van der Waals surface area contributed by atoms with Crippen molar-refractivity contribution in [2.24, 2.45) is 0 Å². The predicted molar refractivity (Wildman–Crippen MR) is 80.9 cm³/mol. The second-order valence-electron chi connectivity index (χ2n) is 4.73. The van der Waals surface area contributed by atoms with E-state index in [1.165, 1.54) is 0 Å². The van der Waals surface area contributed by atoms with Crippen molar-refractivity contribution in [2.45, 2.75) is 20.4 Å². The van der Waals surface area contributed by atoms with Crippen molar-refractivity contribution in [1.82, 2.24) is 10.3 Å². The highest BCUT2D eigenvalue weighted by atomic mass is 16.1. The molecule has 0 aliphatic heterocycles. The largest absolute Gasteiger partial charge is 0.388 e. The first-order chi connectivity index (χ1) is 9.60. The summed E-state index contributed by atoms with van der Waals surface area (Å²) < 4.78 is 0. The van der Waals surface area contributed by atoms with Crippen LogP contribution in [-0.4, -0.2) is 17.9 Å². The van der Waals surface area contributed by atoms with Crippen molar-refractivity contribution < 1.29 is 4.79 Å². The monoisotopic (exact) mass is 269 g/mol. The Morgan fingerprint density at radius 2 is 2.00 bits per heavy atom. The van der Waals surface area contributed by atoms with Gasteiger partial charge in [-0.15, -0.1) is 0 Å². The van der Waals surface area contributed by atoms with Gasteiger partial charge >= 0.3 is 0 Å². The zero-order chi connectivity index (χ0) is 14.5. The lowest BCUT2D eigenvalue weighted by molar-refractivity contribution is 0.0950. The first-order valence-electron chi connectivity index (χ1n) is 6.59. The van der Waals surface area contributed by atoms with E-state index in [0.717, 1.165) is 22.6 Å². The maximum atomic E-state index is 12.1. The molecule has 1 aromatic carbocycles. The van der Waals surface area contributed by atoms with Crippen LogP contribution < -0.4 is 10.6 Å². The molecule has 2 N–H and O–H groups in total. The number of carbonyl (C=O) groups is 1. The molecule has 0 unspecified atom stereocenters. The van der Waals surface area contributed by atoms with E-state index in [1.807, 2.05) is 57.3 Å². The average Bonchev–Trinajstić information content (AvgIpc) is 2.44. The summed E-state index contributed by atoms with van der Waals surface area (Å²) in [6.45, 7) is 4.35. The Bertz CT molecular complexity index is 623. The zero-order valence-corrected chi connectivity index (χ0v) is 12.0. The summed E-state index contributed by atoms with van der Waals surface area (Å²) in [5, 5.41) is 5.97. The third-order valence-corrected chi connectivity index (χ3v) is 3.13. The second-order valence-corrected chi connectivity index (χ2v) is 4.73. The Kier molecular flexibility index (Phi) is 4.35. The van der Waals surface area contributed by atoms with Crippen LogP contribution in [0.15, 0.2) is 36.4 Å². The number of aryl methyl sites for hydroxylation is 2. The molecule has 1 amide bonds. The quantitative estimate of drug-likeness (QED) is 0.897. The fourth-order valence-corrected chi connectivity index (χ4v) is 2.06. The van der Waals surface area contributed by atoms with E-state index in [-0.39, 0.29) is 5.91 Å². The van der Waals surface area contributed by atoms with Crippen molar-refractivity contribution >= 4 is 11.6 Å². The lowest BCUT2D eigenvalue weighted by Crippen LogP contribution is -2.23. The van der Waals surface area contributed by atoms with Gasteiger partial charge in [-0.05, 0) is 49.7 Å². The van der Waals surface area contributed by atoms with Gasteiger partial charge in [-0.1, -0.05) is 6.07 Å². The molecular formula is C16H19N3O. The highest BCUT2D eigenvalue weighted by molar-refractivity contribution is 5.94. The third kappa shape index (κ3) is 3.35. The smallest absolute Gasteiger partial charge is 0.251 e. The van der Waals surface area contributed by atoms with Gasteiger partial charge in [0.05, 0.1) is 12.2 Å². The number of carbonyl (C=O) groups excluding carboxylic acids is 1. The van der Waals surface area contributed by atoms with E-state index in [2.05, 4.69) is 15.6 Å². The van der Waals surface area contributed by atoms with Gasteiger partial charge in [0, 0.05) is 24.0 Å². The minimum absolute atomic E-state index is 0.0842. The minimum atomic E-state index is -0.0842. The molecule has 2 rings (SSSR count). The molecule has 0 atom stereocenters. The highest BCUT2D eigenvalue weighted by Crippen LogP contribution is 2.15. The van der Waals surface area contributed by atoms with Crippen molar-refractivity contribution in [3.8, 4) is 0 Å². The second kappa shape index (κ2) is 6.19. The van der Waals surface area contributed by atoms with E-state index in [9.17, 15) is 4.79 Å². The summed E-state index contributed by atoms with van der Waals surface area (Å²) in [4.78, 5) is 16.5. The number of rotatable bonds is 4. The van der Waals surface area contributed by atoms with Crippen LogP contribution in [0.4, 0.5) is 5.69 Å². The normalized spacial score (nSPS) is 10.2.